The van der Waals surface area contributed by atoms with Crippen LogP contribution in [0.25, 0.3) is 10.9 Å². The second kappa shape index (κ2) is 5.80. The van der Waals surface area contributed by atoms with Crippen LogP contribution in [0.2, 0.25) is 0 Å². The van der Waals surface area contributed by atoms with E-state index >= 15 is 0 Å². The number of methoxy groups -OCH3 is 1. The molecule has 1 N–H and O–H groups in total. The summed E-state index contributed by atoms with van der Waals surface area (Å²) in [4.78, 5) is 22.7. The van der Waals surface area contributed by atoms with Crippen molar-refractivity contribution in [3.63, 3.8) is 0 Å². The molecule has 0 saturated carbocycles. The van der Waals surface area contributed by atoms with E-state index in [1.807, 2.05) is 0 Å². The normalized spacial score (nSPS) is 11.5. The zero-order valence-electron chi connectivity index (χ0n) is 12.1. The second-order valence-electron chi connectivity index (χ2n) is 4.88. The molecule has 0 radical (unpaired) electrons. The number of Topliss-reactive ketones (excluding diaryl/α,β-unsaturated/α-hetero) is 1. The van der Waals surface area contributed by atoms with Gasteiger partial charge in [-0.25, -0.2) is 13.2 Å². The minimum Gasteiger partial charge on any atom is -0.497 e. The number of carboxylic acids is 1. The lowest BCUT2D eigenvalue weighted by Crippen LogP contribution is -2.13. The number of ketones is 1. The molecular weight excluding hydrogens is 310 g/mol. The van der Waals surface area contributed by atoms with Crippen LogP contribution >= 0.6 is 0 Å². The first kappa shape index (κ1) is 16.0. The summed E-state index contributed by atoms with van der Waals surface area (Å²) < 4.78 is 29.3. The number of aryl methyl sites for hydroxylation is 1. The van der Waals surface area contributed by atoms with E-state index in [2.05, 4.69) is 0 Å². The Bertz CT molecular complexity index is 850. The van der Waals surface area contributed by atoms with Crippen molar-refractivity contribution in [3.8, 4) is 5.75 Å². The number of hydrogen-bond acceptors (Lipinski definition) is 5. The smallest absolute Gasteiger partial charge is 0.377 e. The molecule has 0 unspecified atom stereocenters. The van der Waals surface area contributed by atoms with Crippen LogP contribution in [0.15, 0.2) is 24.4 Å². The SMILES string of the molecule is COc1ccc2c(C(=O)C(=O)O)cn(CCS(C)(=O)=O)c2c1. The van der Waals surface area contributed by atoms with E-state index in [-0.39, 0.29) is 17.9 Å². The number of aliphatic carboxylic acids is 1. The van der Waals surface area contributed by atoms with Crippen molar-refractivity contribution in [2.45, 2.75) is 6.54 Å². The third kappa shape index (κ3) is 3.28. The van der Waals surface area contributed by atoms with Gasteiger partial charge in [0.2, 0.25) is 0 Å². The number of fused-ring (bicyclic) bond motifs is 1. The Hall–Kier alpha value is -2.35. The molecule has 7 nitrogen and oxygen atoms in total. The van der Waals surface area contributed by atoms with Crippen molar-refractivity contribution in [1.82, 2.24) is 4.57 Å². The molecule has 0 aliphatic rings. The van der Waals surface area contributed by atoms with Gasteiger partial charge in [-0.2, -0.15) is 0 Å². The molecule has 2 aromatic rings. The Kier molecular flexibility index (Phi) is 4.23. The van der Waals surface area contributed by atoms with Gasteiger partial charge in [0.05, 0.1) is 23.9 Å². The summed E-state index contributed by atoms with van der Waals surface area (Å²) in [6.45, 7) is 0.120. The number of benzene rings is 1. The lowest BCUT2D eigenvalue weighted by molar-refractivity contribution is -0.131. The monoisotopic (exact) mass is 325 g/mol. The van der Waals surface area contributed by atoms with Crippen molar-refractivity contribution >= 4 is 32.5 Å². The standard InChI is InChI=1S/C14H15NO6S/c1-21-9-3-4-10-11(13(16)14(17)18)8-15(12(10)7-9)5-6-22(2,19)20/h3-4,7-8H,5-6H2,1-2H3,(H,17,18). The number of carbonyl (C=O) groups is 2. The Morgan fingerprint density at radius 2 is 2.00 bits per heavy atom. The number of carboxylic acid groups (broad SMARTS) is 1. The average molecular weight is 325 g/mol. The lowest BCUT2D eigenvalue weighted by atomic mass is 10.1. The van der Waals surface area contributed by atoms with Gasteiger partial charge in [-0.05, 0) is 12.1 Å². The third-order valence-electron chi connectivity index (χ3n) is 3.23. The summed E-state index contributed by atoms with van der Waals surface area (Å²) in [5.41, 5.74) is 0.575. The van der Waals surface area contributed by atoms with E-state index in [0.717, 1.165) is 6.26 Å². The summed E-state index contributed by atoms with van der Waals surface area (Å²) in [6.07, 6.45) is 2.48. The molecule has 0 bridgehead atoms. The molecule has 0 aliphatic heterocycles. The highest BCUT2D eigenvalue weighted by atomic mass is 32.2. The Morgan fingerprint density at radius 3 is 2.55 bits per heavy atom. The largest absolute Gasteiger partial charge is 0.497 e. The zero-order valence-corrected chi connectivity index (χ0v) is 12.9. The molecule has 118 valence electrons. The van der Waals surface area contributed by atoms with Crippen molar-refractivity contribution < 1.29 is 27.9 Å². The molecule has 22 heavy (non-hydrogen) atoms. The van der Waals surface area contributed by atoms with Crippen molar-refractivity contribution in [2.24, 2.45) is 0 Å². The number of nitrogens with zero attached hydrogens (tertiary/aromatic N) is 1. The van der Waals surface area contributed by atoms with Gasteiger partial charge in [-0.15, -0.1) is 0 Å². The third-order valence-corrected chi connectivity index (χ3v) is 4.16. The highest BCUT2D eigenvalue weighted by molar-refractivity contribution is 7.90. The fourth-order valence-corrected chi connectivity index (χ4v) is 2.67. The van der Waals surface area contributed by atoms with Gasteiger partial charge in [0, 0.05) is 30.4 Å². The van der Waals surface area contributed by atoms with Gasteiger partial charge in [-0.1, -0.05) is 0 Å². The quantitative estimate of drug-likeness (QED) is 0.627. The molecule has 0 aliphatic carbocycles. The first-order valence-electron chi connectivity index (χ1n) is 6.35. The number of aromatic nitrogens is 1. The molecule has 0 saturated heterocycles. The van der Waals surface area contributed by atoms with Gasteiger partial charge in [0.15, 0.2) is 0 Å². The summed E-state index contributed by atoms with van der Waals surface area (Å²) in [5, 5.41) is 9.33. The van der Waals surface area contributed by atoms with Crippen molar-refractivity contribution in [2.75, 3.05) is 19.1 Å². The highest BCUT2D eigenvalue weighted by Gasteiger charge is 2.21. The zero-order chi connectivity index (χ0) is 16.5. The average Bonchev–Trinajstić information content (AvgIpc) is 2.81. The van der Waals surface area contributed by atoms with Crippen LogP contribution in [0, 0.1) is 0 Å². The van der Waals surface area contributed by atoms with Gasteiger partial charge in [0.1, 0.15) is 15.6 Å². The maximum Gasteiger partial charge on any atom is 0.377 e. The maximum absolute atomic E-state index is 11.8. The highest BCUT2D eigenvalue weighted by Crippen LogP contribution is 2.26. The minimum absolute atomic E-state index is 0.0265. The Labute approximate surface area is 127 Å². The first-order chi connectivity index (χ1) is 10.2. The van der Waals surface area contributed by atoms with Gasteiger partial charge < -0.3 is 14.4 Å². The van der Waals surface area contributed by atoms with Gasteiger partial charge in [0.25, 0.3) is 5.78 Å². The Morgan fingerprint density at radius 1 is 1.32 bits per heavy atom. The molecule has 0 spiro atoms. The van der Waals surface area contributed by atoms with Crippen LogP contribution in [-0.2, 0) is 21.2 Å². The van der Waals surface area contributed by atoms with Crippen molar-refractivity contribution in [3.05, 3.63) is 30.0 Å². The molecule has 0 atom stereocenters. The first-order valence-corrected chi connectivity index (χ1v) is 8.41. The second-order valence-corrected chi connectivity index (χ2v) is 7.14. The van der Waals surface area contributed by atoms with Crippen molar-refractivity contribution in [1.29, 1.82) is 0 Å². The van der Waals surface area contributed by atoms with Gasteiger partial charge >= 0.3 is 5.97 Å². The summed E-state index contributed by atoms with van der Waals surface area (Å²) >= 11 is 0. The predicted molar refractivity (Wildman–Crippen MR) is 80.2 cm³/mol. The van der Waals surface area contributed by atoms with Crippen LogP contribution in [-0.4, -0.2) is 49.0 Å². The molecule has 2 rings (SSSR count). The number of sulfone groups is 1. The fraction of sp³-hybridized carbons (Fsp3) is 0.286. The molecular formula is C14H15NO6S. The van der Waals surface area contributed by atoms with E-state index in [4.69, 9.17) is 9.84 Å². The van der Waals surface area contributed by atoms with Crippen LogP contribution in [0.4, 0.5) is 0 Å². The van der Waals surface area contributed by atoms with E-state index < -0.39 is 21.6 Å². The molecule has 8 heteroatoms. The molecule has 0 fully saturated rings. The van der Waals surface area contributed by atoms with Crippen LogP contribution < -0.4 is 4.74 Å². The van der Waals surface area contributed by atoms with E-state index in [0.29, 0.717) is 16.7 Å². The minimum atomic E-state index is -3.19. The molecule has 1 aromatic carbocycles. The Balaban J connectivity index is 2.58. The van der Waals surface area contributed by atoms with Crippen LogP contribution in [0.3, 0.4) is 0 Å². The topological polar surface area (TPSA) is 103 Å². The van der Waals surface area contributed by atoms with E-state index in [1.54, 1.807) is 22.8 Å². The number of carbonyl (C=O) groups excluding carboxylic acids is 1. The van der Waals surface area contributed by atoms with Gasteiger partial charge in [-0.3, -0.25) is 4.79 Å². The molecule has 0 amide bonds. The number of rotatable bonds is 6. The maximum atomic E-state index is 11.8. The molecule has 1 aromatic heterocycles. The molecule has 1 heterocycles. The fourth-order valence-electron chi connectivity index (χ4n) is 2.14. The predicted octanol–water partition coefficient (Wildman–Crippen LogP) is 0.962. The number of ether oxygens (including phenoxy) is 1. The lowest BCUT2D eigenvalue weighted by Gasteiger charge is -2.05. The summed E-state index contributed by atoms with van der Waals surface area (Å²) in [6, 6.07) is 4.83. The summed E-state index contributed by atoms with van der Waals surface area (Å²) in [7, 11) is -1.71. The van der Waals surface area contributed by atoms with Crippen LogP contribution in [0.1, 0.15) is 10.4 Å². The van der Waals surface area contributed by atoms with E-state index in [9.17, 15) is 18.0 Å². The van der Waals surface area contributed by atoms with Crippen LogP contribution in [0.5, 0.6) is 5.75 Å². The number of hydrogen-bond donors (Lipinski definition) is 1. The van der Waals surface area contributed by atoms with E-state index in [1.165, 1.54) is 13.3 Å². The summed E-state index contributed by atoms with van der Waals surface area (Å²) in [5.74, 6) is -2.18.